The molecule has 1 N–H and O–H groups in total. The van der Waals surface area contributed by atoms with Gasteiger partial charge in [-0.1, -0.05) is 43.3 Å². The molecule has 0 amide bonds. The van der Waals surface area contributed by atoms with E-state index in [1.807, 2.05) is 30.3 Å². The van der Waals surface area contributed by atoms with Gasteiger partial charge in [0.05, 0.1) is 28.4 Å². The van der Waals surface area contributed by atoms with Crippen LogP contribution in [0, 0.1) is 5.92 Å². The predicted octanol–water partition coefficient (Wildman–Crippen LogP) is 6.37. The van der Waals surface area contributed by atoms with Gasteiger partial charge in [-0.05, 0) is 44.5 Å². The zero-order valence-corrected chi connectivity index (χ0v) is 28.2. The van der Waals surface area contributed by atoms with E-state index in [0.29, 0.717) is 39.3 Å². The van der Waals surface area contributed by atoms with E-state index in [0.717, 1.165) is 5.56 Å². The van der Waals surface area contributed by atoms with Gasteiger partial charge in [-0.3, -0.25) is 0 Å². The van der Waals surface area contributed by atoms with Gasteiger partial charge in [-0.15, -0.1) is 0 Å². The molecule has 0 aromatic heterocycles. The number of aliphatic hydroxyl groups is 1. The highest BCUT2D eigenvalue weighted by atomic mass is 16.7. The number of carbonyl (C=O) groups excluding carboxylic acids is 2. The summed E-state index contributed by atoms with van der Waals surface area (Å²) in [6.07, 6.45) is 2.08. The van der Waals surface area contributed by atoms with Crippen LogP contribution in [0.5, 0.6) is 34.5 Å². The van der Waals surface area contributed by atoms with Crippen molar-refractivity contribution in [1.82, 2.24) is 0 Å². The third kappa shape index (κ3) is 6.01. The lowest BCUT2D eigenvalue weighted by molar-refractivity contribution is -0.181. The molecule has 2 aliphatic rings. The Labute approximate surface area is 279 Å². The predicted molar refractivity (Wildman–Crippen MR) is 177 cm³/mol. The van der Waals surface area contributed by atoms with E-state index in [4.69, 9.17) is 37.9 Å². The first kappa shape index (κ1) is 34.2. The maximum absolute atomic E-state index is 13.5. The van der Waals surface area contributed by atoms with E-state index in [1.54, 1.807) is 45.1 Å². The topological polar surface area (TPSA) is 128 Å². The summed E-state index contributed by atoms with van der Waals surface area (Å²) in [6.45, 7) is 6.49. The smallest absolute Gasteiger partial charge is 0.334 e. The molecule has 0 spiro atoms. The number of rotatable bonds is 9. The number of benzene rings is 3. The summed E-state index contributed by atoms with van der Waals surface area (Å²) in [5.74, 6) is -0.642. The van der Waals surface area contributed by atoms with Crippen LogP contribution in [-0.4, -0.2) is 57.9 Å². The first-order chi connectivity index (χ1) is 23.0. The van der Waals surface area contributed by atoms with Gasteiger partial charge in [-0.25, -0.2) is 9.59 Å². The Morgan fingerprint density at radius 1 is 0.896 bits per heavy atom. The molecule has 4 atom stereocenters. The minimum absolute atomic E-state index is 0.0785. The van der Waals surface area contributed by atoms with Gasteiger partial charge < -0.3 is 43.0 Å². The number of hydrogen-bond acceptors (Lipinski definition) is 11. The van der Waals surface area contributed by atoms with Crippen molar-refractivity contribution in [3.8, 4) is 45.6 Å². The molecule has 0 radical (unpaired) electrons. The molecule has 3 aromatic carbocycles. The van der Waals surface area contributed by atoms with Crippen molar-refractivity contribution >= 4 is 18.0 Å². The third-order valence-corrected chi connectivity index (χ3v) is 8.89. The first-order valence-corrected chi connectivity index (χ1v) is 15.4. The van der Waals surface area contributed by atoms with Crippen molar-refractivity contribution in [2.45, 2.75) is 45.5 Å². The molecule has 0 unspecified atom stereocenters. The van der Waals surface area contributed by atoms with Crippen molar-refractivity contribution in [3.63, 3.8) is 0 Å². The normalized spacial score (nSPS) is 21.4. The standard InChI is InChI=1S/C37H40O11/c1-9-20(2)36(39)48-35-24-18-25(41-5)31(42-6)33(43-7)29(24)28-23(17-26-32(34(28)44-8)46-19-45-26)30(21(3)37(35,4)40)47-27(38)16-15-22-13-11-10-12-14-22/h9-18,21,30,35,40H,19H2,1-8H3/b16-15+,20-9-/t21-,30+,35-,37-/m0/s1. The maximum atomic E-state index is 13.5. The van der Waals surface area contributed by atoms with Gasteiger partial charge in [0.1, 0.15) is 11.7 Å². The molecule has 5 rings (SSSR count). The summed E-state index contributed by atoms with van der Waals surface area (Å²) < 4.78 is 47.4. The molecule has 1 aliphatic carbocycles. The fourth-order valence-electron chi connectivity index (χ4n) is 6.04. The van der Waals surface area contributed by atoms with E-state index in [9.17, 15) is 14.7 Å². The molecule has 11 heteroatoms. The van der Waals surface area contributed by atoms with Crippen LogP contribution in [0.2, 0.25) is 0 Å². The molecule has 1 aliphatic heterocycles. The Bertz CT molecular complexity index is 1760. The highest BCUT2D eigenvalue weighted by Crippen LogP contribution is 2.61. The Morgan fingerprint density at radius 3 is 2.19 bits per heavy atom. The van der Waals surface area contributed by atoms with Gasteiger partial charge in [0, 0.05) is 39.8 Å². The molecule has 0 bridgehead atoms. The number of fused-ring (bicyclic) bond motifs is 4. The fourth-order valence-corrected chi connectivity index (χ4v) is 6.04. The average molecular weight is 661 g/mol. The quantitative estimate of drug-likeness (QED) is 0.203. The van der Waals surface area contributed by atoms with Crippen LogP contribution < -0.4 is 28.4 Å². The third-order valence-electron chi connectivity index (χ3n) is 8.89. The number of hydrogen-bond donors (Lipinski definition) is 1. The molecular weight excluding hydrogens is 620 g/mol. The van der Waals surface area contributed by atoms with E-state index in [1.165, 1.54) is 41.4 Å². The van der Waals surface area contributed by atoms with Crippen molar-refractivity contribution in [1.29, 1.82) is 0 Å². The molecule has 11 nitrogen and oxygen atoms in total. The van der Waals surface area contributed by atoms with E-state index in [-0.39, 0.29) is 29.8 Å². The molecule has 0 saturated carbocycles. The lowest BCUT2D eigenvalue weighted by Gasteiger charge is -2.43. The van der Waals surface area contributed by atoms with Gasteiger partial charge >= 0.3 is 11.9 Å². The fraction of sp³-hybridized carbons (Fsp3) is 0.351. The molecule has 254 valence electrons. The first-order valence-electron chi connectivity index (χ1n) is 15.4. The zero-order valence-electron chi connectivity index (χ0n) is 28.2. The van der Waals surface area contributed by atoms with E-state index < -0.39 is 35.7 Å². The molecule has 0 saturated heterocycles. The highest BCUT2D eigenvalue weighted by Gasteiger charge is 2.51. The summed E-state index contributed by atoms with van der Waals surface area (Å²) >= 11 is 0. The van der Waals surface area contributed by atoms with Gasteiger partial charge in [0.25, 0.3) is 0 Å². The maximum Gasteiger partial charge on any atom is 0.334 e. The summed E-state index contributed by atoms with van der Waals surface area (Å²) in [6, 6.07) is 12.6. The number of methoxy groups -OCH3 is 4. The number of esters is 2. The van der Waals surface area contributed by atoms with Crippen molar-refractivity contribution < 1.29 is 52.6 Å². The SMILES string of the molecule is C/C=C(/C)C(=O)O[C@H]1c2cc(OC)c(OC)c(OC)c2-c2c(cc3c(c2OC)OCO3)[C@H](OC(=O)/C=C/c2ccccc2)[C@H](C)[C@]1(C)O. The summed E-state index contributed by atoms with van der Waals surface area (Å²) in [4.78, 5) is 27.0. The molecular formula is C37H40O11. The van der Waals surface area contributed by atoms with E-state index in [2.05, 4.69) is 0 Å². The minimum atomic E-state index is -1.86. The Kier molecular flexibility index (Phi) is 9.90. The van der Waals surface area contributed by atoms with Crippen LogP contribution in [0.4, 0.5) is 0 Å². The molecule has 0 fully saturated rings. The largest absolute Gasteiger partial charge is 0.493 e. The summed E-state index contributed by atoms with van der Waals surface area (Å²) in [5, 5.41) is 12.5. The van der Waals surface area contributed by atoms with Gasteiger partial charge in [0.15, 0.2) is 29.1 Å². The lowest BCUT2D eigenvalue weighted by atomic mass is 9.71. The zero-order chi connectivity index (χ0) is 34.7. The molecule has 48 heavy (non-hydrogen) atoms. The van der Waals surface area contributed by atoms with Crippen LogP contribution in [0.15, 0.2) is 60.2 Å². The van der Waals surface area contributed by atoms with Gasteiger partial charge in [-0.2, -0.15) is 0 Å². The highest BCUT2D eigenvalue weighted by molar-refractivity contribution is 5.92. The number of carbonyl (C=O) groups is 2. The Hall–Kier alpha value is -5.16. The summed E-state index contributed by atoms with van der Waals surface area (Å²) in [5.41, 5.74) is 0.735. The molecule has 3 aromatic rings. The van der Waals surface area contributed by atoms with Crippen LogP contribution in [0.1, 0.15) is 56.6 Å². The van der Waals surface area contributed by atoms with Crippen molar-refractivity contribution in [2.75, 3.05) is 35.2 Å². The number of ether oxygens (including phenoxy) is 8. The monoisotopic (exact) mass is 660 g/mol. The lowest BCUT2D eigenvalue weighted by Crippen LogP contribution is -2.46. The van der Waals surface area contributed by atoms with Crippen LogP contribution >= 0.6 is 0 Å². The van der Waals surface area contributed by atoms with Crippen molar-refractivity contribution in [2.24, 2.45) is 5.92 Å². The Balaban J connectivity index is 1.86. The second-order valence-electron chi connectivity index (χ2n) is 11.6. The van der Waals surface area contributed by atoms with Gasteiger partial charge in [0.2, 0.25) is 18.3 Å². The second kappa shape index (κ2) is 13.9. The van der Waals surface area contributed by atoms with Crippen LogP contribution in [0.3, 0.4) is 0 Å². The van der Waals surface area contributed by atoms with E-state index >= 15 is 0 Å². The van der Waals surface area contributed by atoms with Crippen LogP contribution in [-0.2, 0) is 19.1 Å². The molecule has 1 heterocycles. The average Bonchev–Trinajstić information content (AvgIpc) is 3.58. The van der Waals surface area contributed by atoms with Crippen molar-refractivity contribution in [3.05, 3.63) is 76.9 Å². The van der Waals surface area contributed by atoms with Crippen LogP contribution in [0.25, 0.3) is 17.2 Å². The Morgan fingerprint density at radius 2 is 1.56 bits per heavy atom. The summed E-state index contributed by atoms with van der Waals surface area (Å²) in [7, 11) is 5.85. The number of allylic oxidation sites excluding steroid dienone is 1. The minimum Gasteiger partial charge on any atom is -0.493 e. The second-order valence-corrected chi connectivity index (χ2v) is 11.6.